The van der Waals surface area contributed by atoms with Gasteiger partial charge >= 0.3 is 0 Å². The number of hydroxylamine groups is 1. The van der Waals surface area contributed by atoms with Crippen LogP contribution in [0.5, 0.6) is 5.75 Å². The molecule has 2 aromatic rings. The molecule has 1 aliphatic carbocycles. The smallest absolute Gasteiger partial charge is 0.249 e. The molecule has 1 N–H and O–H groups in total. The molecule has 0 saturated carbocycles. The minimum absolute atomic E-state index is 0.216. The minimum Gasteiger partial charge on any atom is -0.379 e. The van der Waals surface area contributed by atoms with Gasteiger partial charge in [-0.3, -0.25) is 4.79 Å². The summed E-state index contributed by atoms with van der Waals surface area (Å²) in [5, 5.41) is 1.06. The Morgan fingerprint density at radius 1 is 1.27 bits per heavy atom. The topological polar surface area (TPSA) is 51.2 Å². The van der Waals surface area contributed by atoms with Crippen LogP contribution in [0.4, 0.5) is 0 Å². The van der Waals surface area contributed by atoms with E-state index in [0.717, 1.165) is 29.0 Å². The van der Waals surface area contributed by atoms with Gasteiger partial charge in [0.25, 0.3) is 0 Å². The Labute approximate surface area is 134 Å². The molecular weight excluding hydrogens is 296 g/mol. The summed E-state index contributed by atoms with van der Waals surface area (Å²) in [5.74, 6) is 0.454. The molecule has 0 spiro atoms. The van der Waals surface area contributed by atoms with E-state index in [0.29, 0.717) is 5.75 Å². The van der Waals surface area contributed by atoms with E-state index < -0.39 is 0 Å². The predicted molar refractivity (Wildman–Crippen MR) is 88.1 cm³/mol. The fourth-order valence-corrected chi connectivity index (χ4v) is 4.17. The maximum absolute atomic E-state index is 11.0. The molecule has 1 heterocycles. The molecule has 4 nitrogen and oxygen atoms in total. The highest BCUT2D eigenvalue weighted by Gasteiger charge is 2.19. The van der Waals surface area contributed by atoms with Crippen molar-refractivity contribution in [2.24, 2.45) is 0 Å². The van der Waals surface area contributed by atoms with Crippen molar-refractivity contribution < 1.29 is 9.63 Å². The fraction of sp³-hybridized carbons (Fsp3) is 0.412. The van der Waals surface area contributed by atoms with Gasteiger partial charge in [0.15, 0.2) is 5.75 Å². The monoisotopic (exact) mass is 316 g/mol. The van der Waals surface area contributed by atoms with Gasteiger partial charge in [-0.1, -0.05) is 6.07 Å². The summed E-state index contributed by atoms with van der Waals surface area (Å²) in [7, 11) is 0. The first-order chi connectivity index (χ1) is 10.6. The Morgan fingerprint density at radius 3 is 2.77 bits per heavy atom. The van der Waals surface area contributed by atoms with Gasteiger partial charge in [-0.25, -0.2) is 4.98 Å². The Kier molecular flexibility index (Phi) is 4.16. The first-order valence-corrected chi connectivity index (χ1v) is 8.40. The Balaban J connectivity index is 2.00. The second-order valence-corrected chi connectivity index (χ2v) is 6.82. The number of carbonyl (C=O) groups is 1. The van der Waals surface area contributed by atoms with E-state index in [9.17, 15) is 4.79 Å². The van der Waals surface area contributed by atoms with Crippen LogP contribution in [-0.2, 0) is 17.6 Å². The van der Waals surface area contributed by atoms with E-state index in [-0.39, 0.29) is 5.91 Å². The maximum Gasteiger partial charge on any atom is 0.249 e. The number of hydrogen-bond donors (Lipinski definition) is 1. The zero-order valence-electron chi connectivity index (χ0n) is 13.2. The van der Waals surface area contributed by atoms with Crippen molar-refractivity contribution in [1.29, 1.82) is 0 Å². The normalized spacial score (nSPS) is 13.6. The summed E-state index contributed by atoms with van der Waals surface area (Å²) in [6.45, 7) is 5.53. The summed E-state index contributed by atoms with van der Waals surface area (Å²) < 4.78 is 0. The van der Waals surface area contributed by atoms with Gasteiger partial charge in [0.1, 0.15) is 5.01 Å². The third kappa shape index (κ3) is 2.86. The number of aromatic nitrogens is 1. The molecule has 1 aromatic heterocycles. The Bertz CT molecular complexity index is 698. The minimum atomic E-state index is -0.216. The highest BCUT2D eigenvalue weighted by molar-refractivity contribution is 7.15. The summed E-state index contributed by atoms with van der Waals surface area (Å²) in [5.41, 5.74) is 6.98. The lowest BCUT2D eigenvalue weighted by Crippen LogP contribution is -2.24. The van der Waals surface area contributed by atoms with Crippen LogP contribution in [0.15, 0.2) is 12.1 Å². The lowest BCUT2D eigenvalue weighted by atomic mass is 10.0. The summed E-state index contributed by atoms with van der Waals surface area (Å²) in [4.78, 5) is 22.7. The third-order valence-corrected chi connectivity index (χ3v) is 5.16. The highest BCUT2D eigenvalue weighted by Crippen LogP contribution is 2.38. The van der Waals surface area contributed by atoms with Gasteiger partial charge in [0.2, 0.25) is 5.91 Å². The molecule has 5 heteroatoms. The first kappa shape index (κ1) is 15.0. The third-order valence-electron chi connectivity index (χ3n) is 3.99. The van der Waals surface area contributed by atoms with Crippen molar-refractivity contribution in [3.8, 4) is 16.3 Å². The van der Waals surface area contributed by atoms with Gasteiger partial charge in [-0.2, -0.15) is 5.48 Å². The zero-order valence-corrected chi connectivity index (χ0v) is 14.0. The van der Waals surface area contributed by atoms with Crippen molar-refractivity contribution in [2.75, 3.05) is 0 Å². The number of thiazole rings is 1. The van der Waals surface area contributed by atoms with Crippen LogP contribution in [0.1, 0.15) is 41.5 Å². The number of aryl methyl sites for hydroxylation is 3. The average Bonchev–Trinajstić information content (AvgIpc) is 2.89. The van der Waals surface area contributed by atoms with Crippen molar-refractivity contribution in [3.05, 3.63) is 33.8 Å². The van der Waals surface area contributed by atoms with Crippen molar-refractivity contribution in [2.45, 2.75) is 46.5 Å². The van der Waals surface area contributed by atoms with Gasteiger partial charge in [-0.05, 0) is 51.2 Å². The summed E-state index contributed by atoms with van der Waals surface area (Å²) in [6, 6.07) is 3.90. The van der Waals surface area contributed by atoms with Gasteiger partial charge in [0.05, 0.1) is 5.69 Å². The molecule has 0 unspecified atom stereocenters. The summed E-state index contributed by atoms with van der Waals surface area (Å²) >= 11 is 1.80. The van der Waals surface area contributed by atoms with Gasteiger partial charge in [-0.15, -0.1) is 11.3 Å². The lowest BCUT2D eigenvalue weighted by Gasteiger charge is -2.13. The van der Waals surface area contributed by atoms with E-state index >= 15 is 0 Å². The van der Waals surface area contributed by atoms with Crippen LogP contribution in [0.25, 0.3) is 10.6 Å². The number of benzene rings is 1. The molecular formula is C17H20N2O2S. The maximum atomic E-state index is 11.0. The molecule has 1 amide bonds. The van der Waals surface area contributed by atoms with E-state index in [1.54, 1.807) is 11.3 Å². The van der Waals surface area contributed by atoms with Crippen LogP contribution in [-0.4, -0.2) is 10.9 Å². The molecule has 22 heavy (non-hydrogen) atoms. The van der Waals surface area contributed by atoms with Gasteiger partial charge < -0.3 is 4.84 Å². The fourth-order valence-electron chi connectivity index (χ4n) is 2.85. The number of nitrogens with one attached hydrogen (secondary N) is 1. The second kappa shape index (κ2) is 6.08. The molecule has 3 rings (SSSR count). The first-order valence-electron chi connectivity index (χ1n) is 7.59. The molecule has 0 saturated heterocycles. The van der Waals surface area contributed by atoms with Crippen LogP contribution in [0.2, 0.25) is 0 Å². The van der Waals surface area contributed by atoms with Crippen LogP contribution in [0, 0.1) is 13.8 Å². The summed E-state index contributed by atoms with van der Waals surface area (Å²) in [6.07, 6.45) is 4.73. The van der Waals surface area contributed by atoms with E-state index in [1.165, 1.54) is 35.9 Å². The standard InChI is InChI=1S/C17H20N2O2S/c1-10-8-9-14(21-19-12(3)20)11(2)16(10)17-18-13-6-4-5-7-15(13)22-17/h8-9H,4-7H2,1-3H3,(H,19,20). The average molecular weight is 316 g/mol. The van der Waals surface area contributed by atoms with Crippen LogP contribution >= 0.6 is 11.3 Å². The Morgan fingerprint density at radius 2 is 2.05 bits per heavy atom. The van der Waals surface area contributed by atoms with Crippen molar-refractivity contribution >= 4 is 17.2 Å². The predicted octanol–water partition coefficient (Wildman–Crippen LogP) is 3.74. The van der Waals surface area contributed by atoms with Crippen LogP contribution in [0.3, 0.4) is 0 Å². The molecule has 116 valence electrons. The van der Waals surface area contributed by atoms with Crippen LogP contribution < -0.4 is 10.3 Å². The van der Waals surface area contributed by atoms with Crippen molar-refractivity contribution in [1.82, 2.24) is 10.5 Å². The van der Waals surface area contributed by atoms with Gasteiger partial charge in [0, 0.05) is 22.9 Å². The molecule has 0 bridgehead atoms. The molecule has 1 aliphatic rings. The quantitative estimate of drug-likeness (QED) is 0.878. The molecule has 0 radical (unpaired) electrons. The largest absolute Gasteiger partial charge is 0.379 e. The van der Waals surface area contributed by atoms with Crippen molar-refractivity contribution in [3.63, 3.8) is 0 Å². The number of carbonyl (C=O) groups excluding carboxylic acids is 1. The number of hydrogen-bond acceptors (Lipinski definition) is 4. The number of nitrogens with zero attached hydrogens (tertiary/aromatic N) is 1. The lowest BCUT2D eigenvalue weighted by molar-refractivity contribution is -0.125. The number of fused-ring (bicyclic) bond motifs is 1. The number of amides is 1. The van der Waals surface area contributed by atoms with E-state index in [4.69, 9.17) is 9.82 Å². The highest BCUT2D eigenvalue weighted by atomic mass is 32.1. The van der Waals surface area contributed by atoms with E-state index in [2.05, 4.69) is 12.4 Å². The SMILES string of the molecule is CC(=O)NOc1ccc(C)c(-c2nc3c(s2)CCCC3)c1C. The molecule has 0 fully saturated rings. The molecule has 1 aromatic carbocycles. The second-order valence-electron chi connectivity index (χ2n) is 5.74. The zero-order chi connectivity index (χ0) is 15.7. The Hall–Kier alpha value is -1.88. The van der Waals surface area contributed by atoms with E-state index in [1.807, 2.05) is 19.1 Å². The molecule has 0 atom stereocenters. The molecule has 0 aliphatic heterocycles. The number of rotatable bonds is 3.